The van der Waals surface area contributed by atoms with Crippen LogP contribution in [0.5, 0.6) is 0 Å². The fraction of sp³-hybridized carbons (Fsp3) is 0.0149. The van der Waals surface area contributed by atoms with Crippen LogP contribution >= 0.6 is 0 Å². The van der Waals surface area contributed by atoms with Gasteiger partial charge in [-0.2, -0.15) is 0 Å². The van der Waals surface area contributed by atoms with Crippen LogP contribution < -0.4 is 47.5 Å². The SMILES string of the molecule is c1ccc(C2c3ccccc3B3c4c2cccc4N(c2ccccc2)c2ccc4c(c23)c2cccc3c5cc6c(cc5n4c32)B2c3ccccc3N(c3ccccc3)c3cccc(c32)N6c2ccccc2)cc1. The number of rotatable bonds is 4. The predicted octanol–water partition coefficient (Wildman–Crippen LogP) is 12.7. The number of para-hydroxylation sites is 5. The molecule has 6 heteroatoms. The van der Waals surface area contributed by atoms with Gasteiger partial charge in [-0.05, 0) is 129 Å². The van der Waals surface area contributed by atoms with Crippen LogP contribution in [0.1, 0.15) is 22.6 Å². The third kappa shape index (κ3) is 5.16. The smallest absolute Gasteiger partial charge is 0.252 e. The first-order chi connectivity index (χ1) is 36.3. The van der Waals surface area contributed by atoms with Crippen LogP contribution in [0.3, 0.4) is 0 Å². The summed E-state index contributed by atoms with van der Waals surface area (Å²) in [5, 5.41) is 5.16. The molecular weight excluding hydrogens is 882 g/mol. The summed E-state index contributed by atoms with van der Waals surface area (Å²) >= 11 is 0. The average Bonchev–Trinajstić information content (AvgIpc) is 3.98. The Morgan fingerprint density at radius 3 is 1.53 bits per heavy atom. The molecule has 6 heterocycles. The van der Waals surface area contributed by atoms with E-state index in [4.69, 9.17) is 0 Å². The second-order valence-corrected chi connectivity index (χ2v) is 20.3. The van der Waals surface area contributed by atoms with Crippen LogP contribution in [-0.4, -0.2) is 17.8 Å². The number of fused-ring (bicyclic) bond motifs is 15. The molecule has 0 fully saturated rings. The summed E-state index contributed by atoms with van der Waals surface area (Å²) in [7, 11) is 0. The molecule has 336 valence electrons. The van der Waals surface area contributed by atoms with E-state index in [0.717, 1.165) is 11.4 Å². The molecule has 13 aromatic rings. The van der Waals surface area contributed by atoms with E-state index < -0.39 is 0 Å². The Bertz CT molecular complexity index is 4350. The van der Waals surface area contributed by atoms with E-state index in [0.29, 0.717) is 0 Å². The van der Waals surface area contributed by atoms with Crippen LogP contribution in [0.4, 0.5) is 51.2 Å². The normalized spacial score (nSPS) is 14.8. The quantitative estimate of drug-likeness (QED) is 0.163. The Morgan fingerprint density at radius 2 is 0.822 bits per heavy atom. The molecule has 11 aromatic carbocycles. The molecule has 0 saturated carbocycles. The lowest BCUT2D eigenvalue weighted by atomic mass is 9.30. The molecule has 0 radical (unpaired) electrons. The van der Waals surface area contributed by atoms with E-state index in [1.807, 2.05) is 0 Å². The summed E-state index contributed by atoms with van der Waals surface area (Å²) in [4.78, 5) is 7.55. The van der Waals surface area contributed by atoms with Gasteiger partial charge in [-0.1, -0.05) is 169 Å². The third-order valence-electron chi connectivity index (χ3n) is 16.8. The Balaban J connectivity index is 0.977. The first kappa shape index (κ1) is 39.5. The standard InChI is InChI=1S/C67H42B2N4/c1-5-20-42(21-6-1)62-47-28-13-14-32-51(47)69-64-48(62)30-18-35-56(64)71(44-24-9-3-10-25-44)59-39-38-55-63(66(59)69)49-31-17-29-46-50-40-61-53(41-60(50)73(55)67(46)49)68-52-33-15-16-34-54(52)70(43-22-7-2-8-23-43)57-36-19-37-58(65(57)68)72(61)45-26-11-4-12-27-45/h1-41,62H. The Kier molecular flexibility index (Phi) is 7.93. The lowest BCUT2D eigenvalue weighted by Gasteiger charge is -2.44. The molecular formula is C67H42B2N4. The number of benzene rings is 11. The molecule has 1 atom stereocenters. The third-order valence-corrected chi connectivity index (χ3v) is 16.8. The molecule has 4 aliphatic rings. The molecule has 0 bridgehead atoms. The molecule has 0 amide bonds. The van der Waals surface area contributed by atoms with Crippen molar-refractivity contribution in [3.05, 3.63) is 265 Å². The largest absolute Gasteiger partial charge is 0.311 e. The fourth-order valence-corrected chi connectivity index (χ4v) is 14.1. The van der Waals surface area contributed by atoms with Crippen molar-refractivity contribution in [3.8, 4) is 0 Å². The van der Waals surface area contributed by atoms with Crippen LogP contribution in [0.25, 0.3) is 38.1 Å². The van der Waals surface area contributed by atoms with Gasteiger partial charge in [-0.3, -0.25) is 0 Å². The first-order valence-electron chi connectivity index (χ1n) is 25.6. The van der Waals surface area contributed by atoms with E-state index >= 15 is 0 Å². The van der Waals surface area contributed by atoms with Crippen LogP contribution in [-0.2, 0) is 0 Å². The second-order valence-electron chi connectivity index (χ2n) is 20.3. The van der Waals surface area contributed by atoms with E-state index in [9.17, 15) is 0 Å². The molecule has 0 spiro atoms. The van der Waals surface area contributed by atoms with Crippen molar-refractivity contribution in [3.63, 3.8) is 0 Å². The van der Waals surface area contributed by atoms with E-state index in [1.54, 1.807) is 0 Å². The van der Waals surface area contributed by atoms with Crippen molar-refractivity contribution in [2.24, 2.45) is 0 Å². The summed E-state index contributed by atoms with van der Waals surface area (Å²) in [6.45, 7) is 0.0221. The van der Waals surface area contributed by atoms with E-state index in [-0.39, 0.29) is 19.3 Å². The fourth-order valence-electron chi connectivity index (χ4n) is 14.1. The molecule has 0 saturated heterocycles. The van der Waals surface area contributed by atoms with Gasteiger partial charge in [0.25, 0.3) is 6.71 Å². The highest BCUT2D eigenvalue weighted by molar-refractivity contribution is 7.01. The van der Waals surface area contributed by atoms with Gasteiger partial charge in [0, 0.05) is 78.6 Å². The lowest BCUT2D eigenvalue weighted by Crippen LogP contribution is -2.62. The molecule has 4 nitrogen and oxygen atoms in total. The maximum absolute atomic E-state index is 2.63. The summed E-state index contributed by atoms with van der Waals surface area (Å²) in [6, 6.07) is 93.4. The Morgan fingerprint density at radius 1 is 0.301 bits per heavy atom. The monoisotopic (exact) mass is 924 g/mol. The molecule has 1 unspecified atom stereocenters. The van der Waals surface area contributed by atoms with Crippen LogP contribution in [0, 0.1) is 0 Å². The first-order valence-corrected chi connectivity index (χ1v) is 25.6. The zero-order valence-corrected chi connectivity index (χ0v) is 39.7. The van der Waals surface area contributed by atoms with Crippen molar-refractivity contribution in [1.82, 2.24) is 4.40 Å². The van der Waals surface area contributed by atoms with E-state index in [2.05, 4.69) is 268 Å². The summed E-state index contributed by atoms with van der Waals surface area (Å²) in [5.41, 5.74) is 26.8. The van der Waals surface area contributed by atoms with Crippen molar-refractivity contribution >= 4 is 135 Å². The highest BCUT2D eigenvalue weighted by Crippen LogP contribution is 2.49. The van der Waals surface area contributed by atoms with Gasteiger partial charge >= 0.3 is 0 Å². The van der Waals surface area contributed by atoms with Gasteiger partial charge in [0.05, 0.1) is 16.6 Å². The van der Waals surface area contributed by atoms with Gasteiger partial charge in [-0.25, -0.2) is 0 Å². The van der Waals surface area contributed by atoms with Gasteiger partial charge < -0.3 is 19.1 Å². The molecule has 17 rings (SSSR count). The number of aromatic nitrogens is 1. The number of anilines is 9. The molecule has 4 aliphatic heterocycles. The predicted molar refractivity (Wildman–Crippen MR) is 308 cm³/mol. The molecule has 2 aromatic heterocycles. The summed E-state index contributed by atoms with van der Waals surface area (Å²) < 4.78 is 2.63. The number of hydrogen-bond acceptors (Lipinski definition) is 3. The van der Waals surface area contributed by atoms with Gasteiger partial charge in [0.1, 0.15) is 0 Å². The summed E-state index contributed by atoms with van der Waals surface area (Å²) in [6.07, 6.45) is 0. The molecule has 73 heavy (non-hydrogen) atoms. The van der Waals surface area contributed by atoms with Gasteiger partial charge in [-0.15, -0.1) is 0 Å². The van der Waals surface area contributed by atoms with Crippen molar-refractivity contribution in [2.75, 3.05) is 14.7 Å². The second kappa shape index (κ2) is 14.7. The van der Waals surface area contributed by atoms with Crippen LogP contribution in [0.15, 0.2) is 249 Å². The average molecular weight is 925 g/mol. The minimum absolute atomic E-state index is 0.00191. The van der Waals surface area contributed by atoms with E-state index in [1.165, 1.54) is 127 Å². The van der Waals surface area contributed by atoms with Crippen molar-refractivity contribution < 1.29 is 0 Å². The highest BCUT2D eigenvalue weighted by Gasteiger charge is 2.46. The molecule has 0 N–H and O–H groups in total. The zero-order valence-electron chi connectivity index (χ0n) is 39.7. The highest BCUT2D eigenvalue weighted by atomic mass is 15.2. The lowest BCUT2D eigenvalue weighted by molar-refractivity contribution is 0.984. The summed E-state index contributed by atoms with van der Waals surface area (Å²) in [5.74, 6) is 0.109. The minimum atomic E-state index is 0.00191. The Labute approximate surface area is 423 Å². The minimum Gasteiger partial charge on any atom is -0.311 e. The van der Waals surface area contributed by atoms with Crippen molar-refractivity contribution in [1.29, 1.82) is 0 Å². The van der Waals surface area contributed by atoms with Crippen LogP contribution in [0.2, 0.25) is 0 Å². The maximum atomic E-state index is 2.63. The topological polar surface area (TPSA) is 14.1 Å². The van der Waals surface area contributed by atoms with Gasteiger partial charge in [0.15, 0.2) is 0 Å². The zero-order chi connectivity index (χ0) is 47.5. The van der Waals surface area contributed by atoms with Gasteiger partial charge in [0.2, 0.25) is 6.71 Å². The Hall–Kier alpha value is -9.25. The number of nitrogens with zero attached hydrogens (tertiary/aromatic N) is 4. The maximum Gasteiger partial charge on any atom is 0.252 e. The number of hydrogen-bond donors (Lipinski definition) is 0. The molecule has 0 aliphatic carbocycles. The van der Waals surface area contributed by atoms with Crippen molar-refractivity contribution in [2.45, 2.75) is 5.92 Å².